The molecule has 0 aliphatic carbocycles. The van der Waals surface area contributed by atoms with Gasteiger partial charge in [0.15, 0.2) is 0 Å². The normalized spacial score (nSPS) is 15.7. The van der Waals surface area contributed by atoms with Gasteiger partial charge in [0, 0.05) is 18.9 Å². The molecule has 0 spiro atoms. The van der Waals surface area contributed by atoms with Gasteiger partial charge in [-0.05, 0) is 56.7 Å². The number of amides is 1. The van der Waals surface area contributed by atoms with E-state index < -0.39 is 0 Å². The van der Waals surface area contributed by atoms with Gasteiger partial charge in [-0.15, -0.1) is 0 Å². The highest BCUT2D eigenvalue weighted by Gasteiger charge is 2.36. The van der Waals surface area contributed by atoms with Crippen LogP contribution in [0, 0.1) is 13.8 Å². The fraction of sp³-hybridized carbons (Fsp3) is 0.310. The van der Waals surface area contributed by atoms with Gasteiger partial charge in [-0.2, -0.15) is 0 Å². The maximum absolute atomic E-state index is 13.1. The molecule has 4 aromatic rings. The molecule has 1 saturated heterocycles. The molecule has 0 unspecified atom stereocenters. The first-order valence-corrected chi connectivity index (χ1v) is 12.2. The van der Waals surface area contributed by atoms with Gasteiger partial charge in [0.05, 0.1) is 29.9 Å². The van der Waals surface area contributed by atoms with Crippen LogP contribution in [0.5, 0.6) is 11.5 Å². The number of carbonyl (C=O) groups is 1. The molecule has 35 heavy (non-hydrogen) atoms. The molecule has 5 rings (SSSR count). The number of para-hydroxylation sites is 4. The molecular weight excluding hydrogens is 438 g/mol. The molecule has 1 atom stereocenters. The highest BCUT2D eigenvalue weighted by molar-refractivity contribution is 5.97. The van der Waals surface area contributed by atoms with Crippen molar-refractivity contribution >= 4 is 22.6 Å². The van der Waals surface area contributed by atoms with Crippen molar-refractivity contribution in [2.45, 2.75) is 39.7 Å². The SMILES string of the molecule is CCOc1ccccc1N1C[C@@H](c2nc3ccccc3n2CCOc2ccc(C)cc2C)CC1=O. The van der Waals surface area contributed by atoms with E-state index in [1.807, 2.05) is 60.4 Å². The number of rotatable bonds is 8. The third-order valence-electron chi connectivity index (χ3n) is 6.53. The van der Waals surface area contributed by atoms with Crippen LogP contribution in [-0.4, -0.2) is 35.2 Å². The maximum atomic E-state index is 13.1. The lowest BCUT2D eigenvalue weighted by Crippen LogP contribution is -2.25. The molecule has 1 aliphatic heterocycles. The van der Waals surface area contributed by atoms with Crippen molar-refractivity contribution in [3.05, 3.63) is 83.7 Å². The molecule has 0 saturated carbocycles. The zero-order valence-corrected chi connectivity index (χ0v) is 20.5. The molecule has 1 amide bonds. The van der Waals surface area contributed by atoms with Crippen LogP contribution in [0.25, 0.3) is 11.0 Å². The van der Waals surface area contributed by atoms with Crippen LogP contribution in [0.4, 0.5) is 5.69 Å². The fourth-order valence-corrected chi connectivity index (χ4v) is 4.92. The number of aromatic nitrogens is 2. The second-order valence-electron chi connectivity index (χ2n) is 9.03. The van der Waals surface area contributed by atoms with Crippen LogP contribution in [0.3, 0.4) is 0 Å². The molecule has 1 aromatic heterocycles. The van der Waals surface area contributed by atoms with E-state index in [4.69, 9.17) is 14.5 Å². The molecule has 1 aliphatic rings. The Kier molecular flexibility index (Phi) is 6.45. The van der Waals surface area contributed by atoms with Gasteiger partial charge >= 0.3 is 0 Å². The topological polar surface area (TPSA) is 56.6 Å². The predicted octanol–water partition coefficient (Wildman–Crippen LogP) is 5.65. The van der Waals surface area contributed by atoms with E-state index in [2.05, 4.69) is 36.6 Å². The lowest BCUT2D eigenvalue weighted by Gasteiger charge is -2.20. The van der Waals surface area contributed by atoms with Crippen LogP contribution >= 0.6 is 0 Å². The molecule has 0 bridgehead atoms. The third-order valence-corrected chi connectivity index (χ3v) is 6.53. The number of nitrogens with zero attached hydrogens (tertiary/aromatic N) is 3. The van der Waals surface area contributed by atoms with E-state index in [-0.39, 0.29) is 11.8 Å². The highest BCUT2D eigenvalue weighted by Crippen LogP contribution is 2.37. The summed E-state index contributed by atoms with van der Waals surface area (Å²) in [6.45, 7) is 8.41. The maximum Gasteiger partial charge on any atom is 0.227 e. The molecule has 3 aromatic carbocycles. The van der Waals surface area contributed by atoms with Gasteiger partial charge in [0.25, 0.3) is 0 Å². The number of hydrogen-bond donors (Lipinski definition) is 0. The summed E-state index contributed by atoms with van der Waals surface area (Å²) in [5.41, 5.74) is 5.18. The van der Waals surface area contributed by atoms with Gasteiger partial charge in [-0.25, -0.2) is 4.98 Å². The van der Waals surface area contributed by atoms with Crippen LogP contribution in [-0.2, 0) is 11.3 Å². The Morgan fingerprint density at radius 1 is 0.971 bits per heavy atom. The van der Waals surface area contributed by atoms with E-state index in [0.29, 0.717) is 32.7 Å². The molecule has 0 N–H and O–H groups in total. The third kappa shape index (κ3) is 4.61. The summed E-state index contributed by atoms with van der Waals surface area (Å²) in [7, 11) is 0. The van der Waals surface area contributed by atoms with E-state index in [1.54, 1.807) is 0 Å². The molecule has 6 heteroatoms. The summed E-state index contributed by atoms with van der Waals surface area (Å²) in [6.07, 6.45) is 0.418. The summed E-state index contributed by atoms with van der Waals surface area (Å²) in [5, 5.41) is 0. The number of imidazole rings is 1. The Labute approximate surface area is 206 Å². The van der Waals surface area contributed by atoms with Crippen molar-refractivity contribution in [1.29, 1.82) is 0 Å². The highest BCUT2D eigenvalue weighted by atomic mass is 16.5. The number of anilines is 1. The zero-order chi connectivity index (χ0) is 24.4. The summed E-state index contributed by atoms with van der Waals surface area (Å²) < 4.78 is 14.2. The van der Waals surface area contributed by atoms with Gasteiger partial charge in [0.1, 0.15) is 23.9 Å². The van der Waals surface area contributed by atoms with Crippen molar-refractivity contribution in [2.24, 2.45) is 0 Å². The van der Waals surface area contributed by atoms with Crippen molar-refractivity contribution in [1.82, 2.24) is 9.55 Å². The minimum atomic E-state index is -0.00862. The largest absolute Gasteiger partial charge is 0.492 e. The quantitative estimate of drug-likeness (QED) is 0.335. The van der Waals surface area contributed by atoms with E-state index in [0.717, 1.165) is 39.6 Å². The predicted molar refractivity (Wildman–Crippen MR) is 138 cm³/mol. The second kappa shape index (κ2) is 9.82. The first kappa shape index (κ1) is 23.0. The Bertz CT molecular complexity index is 1360. The average molecular weight is 470 g/mol. The summed E-state index contributed by atoms with van der Waals surface area (Å²) >= 11 is 0. The number of aryl methyl sites for hydroxylation is 2. The molecule has 2 heterocycles. The van der Waals surface area contributed by atoms with Gasteiger partial charge in [-0.1, -0.05) is 42.0 Å². The first-order valence-electron chi connectivity index (χ1n) is 12.2. The van der Waals surface area contributed by atoms with Crippen molar-refractivity contribution in [3.8, 4) is 11.5 Å². The van der Waals surface area contributed by atoms with E-state index in [1.165, 1.54) is 5.56 Å². The minimum Gasteiger partial charge on any atom is -0.492 e. The first-order chi connectivity index (χ1) is 17.0. The second-order valence-corrected chi connectivity index (χ2v) is 9.03. The number of carbonyl (C=O) groups excluding carboxylic acids is 1. The van der Waals surface area contributed by atoms with Crippen molar-refractivity contribution in [3.63, 3.8) is 0 Å². The molecular formula is C29H31N3O3. The fourth-order valence-electron chi connectivity index (χ4n) is 4.92. The summed E-state index contributed by atoms with van der Waals surface area (Å²) in [5.74, 6) is 2.65. The minimum absolute atomic E-state index is 0.00862. The Balaban J connectivity index is 1.41. The van der Waals surface area contributed by atoms with Gasteiger partial charge in [-0.3, -0.25) is 4.79 Å². The Hall–Kier alpha value is -3.80. The van der Waals surface area contributed by atoms with E-state index in [9.17, 15) is 4.79 Å². The molecule has 6 nitrogen and oxygen atoms in total. The summed E-state index contributed by atoms with van der Waals surface area (Å²) in [4.78, 5) is 19.9. The number of ether oxygens (including phenoxy) is 2. The lowest BCUT2D eigenvalue weighted by atomic mass is 10.1. The zero-order valence-electron chi connectivity index (χ0n) is 20.5. The van der Waals surface area contributed by atoms with Gasteiger partial charge in [0.2, 0.25) is 5.91 Å². The van der Waals surface area contributed by atoms with Crippen LogP contribution in [0.15, 0.2) is 66.7 Å². The number of benzene rings is 3. The Morgan fingerprint density at radius 3 is 2.60 bits per heavy atom. The summed E-state index contributed by atoms with van der Waals surface area (Å²) in [6, 6.07) is 22.1. The molecule has 1 fully saturated rings. The number of fused-ring (bicyclic) bond motifs is 1. The smallest absolute Gasteiger partial charge is 0.227 e. The molecule has 0 radical (unpaired) electrons. The average Bonchev–Trinajstić information content (AvgIpc) is 3.41. The standard InChI is InChI=1S/C29H31N3O3/c1-4-34-27-12-8-7-11-25(27)32-19-22(18-28(32)33)29-30-23-9-5-6-10-24(23)31(29)15-16-35-26-14-13-20(2)17-21(26)3/h5-14,17,22H,4,15-16,18-19H2,1-3H3/t22-/m0/s1. The molecule has 180 valence electrons. The van der Waals surface area contributed by atoms with Gasteiger partial charge < -0.3 is 18.9 Å². The van der Waals surface area contributed by atoms with Crippen molar-refractivity contribution < 1.29 is 14.3 Å². The monoisotopic (exact) mass is 469 g/mol. The van der Waals surface area contributed by atoms with E-state index >= 15 is 0 Å². The number of hydrogen-bond acceptors (Lipinski definition) is 4. The van der Waals surface area contributed by atoms with Crippen LogP contribution in [0.1, 0.15) is 36.2 Å². The van der Waals surface area contributed by atoms with Crippen LogP contribution < -0.4 is 14.4 Å². The lowest BCUT2D eigenvalue weighted by molar-refractivity contribution is -0.117. The van der Waals surface area contributed by atoms with Crippen molar-refractivity contribution in [2.75, 3.05) is 24.7 Å². The Morgan fingerprint density at radius 2 is 1.77 bits per heavy atom. The van der Waals surface area contributed by atoms with Crippen LogP contribution in [0.2, 0.25) is 0 Å².